The van der Waals surface area contributed by atoms with E-state index in [4.69, 9.17) is 0 Å². The minimum Gasteiger partial charge on any atom is -0.260 e. The highest BCUT2D eigenvalue weighted by Gasteiger charge is 2.68. The second-order valence-corrected chi connectivity index (χ2v) is 4.01. The van der Waals surface area contributed by atoms with E-state index >= 15 is 0 Å². The summed E-state index contributed by atoms with van der Waals surface area (Å²) in [6.45, 7) is 0. The maximum Gasteiger partial charge on any atom is 0.418 e. The molecule has 1 unspecified atom stereocenters. The molecule has 1 aliphatic carbocycles. The Hall–Kier alpha value is -1.79. The Bertz CT molecular complexity index is 543. The quantitative estimate of drug-likeness (QED) is 0.595. The van der Waals surface area contributed by atoms with Gasteiger partial charge < -0.3 is 0 Å². The van der Waals surface area contributed by atoms with Gasteiger partial charge in [0.15, 0.2) is 0 Å². The highest BCUT2D eigenvalue weighted by molar-refractivity contribution is 5.97. The van der Waals surface area contributed by atoms with Crippen LogP contribution in [0.2, 0.25) is 0 Å². The number of carbonyl (C=O) groups excluding carboxylic acids is 1. The molecule has 1 aromatic carbocycles. The van der Waals surface area contributed by atoms with E-state index in [1.807, 2.05) is 0 Å². The van der Waals surface area contributed by atoms with E-state index in [0.717, 1.165) is 12.1 Å². The van der Waals surface area contributed by atoms with E-state index in [1.54, 1.807) is 0 Å². The predicted octanol–water partition coefficient (Wildman–Crippen LogP) is 3.76. The molecular weight excluding hydrogens is 274 g/mol. The molecule has 0 fully saturated rings. The molecule has 0 amide bonds. The summed E-state index contributed by atoms with van der Waals surface area (Å²) in [5.41, 5.74) is -3.38. The first-order valence-corrected chi connectivity index (χ1v) is 5.11. The lowest BCUT2D eigenvalue weighted by molar-refractivity contribution is -0.164. The Kier molecular flexibility index (Phi) is 2.95. The van der Waals surface area contributed by atoms with Crippen LogP contribution in [0.15, 0.2) is 35.9 Å². The minimum atomic E-state index is -5.32. The molecule has 0 N–H and O–H groups in total. The molecule has 0 aliphatic heterocycles. The molecule has 0 heterocycles. The molecule has 1 aliphatic rings. The highest BCUT2D eigenvalue weighted by atomic mass is 19.4. The Morgan fingerprint density at radius 1 is 1.11 bits per heavy atom. The van der Waals surface area contributed by atoms with E-state index in [2.05, 4.69) is 0 Å². The first-order valence-electron chi connectivity index (χ1n) is 5.11. The van der Waals surface area contributed by atoms with Crippen LogP contribution in [-0.4, -0.2) is 18.1 Å². The Balaban J connectivity index is 2.66. The molecule has 0 aromatic heterocycles. The van der Waals surface area contributed by atoms with Gasteiger partial charge in [0.25, 0.3) is 5.92 Å². The first-order chi connectivity index (χ1) is 8.67. The van der Waals surface area contributed by atoms with Crippen LogP contribution in [0, 0.1) is 5.92 Å². The second kappa shape index (κ2) is 4.11. The van der Waals surface area contributed by atoms with Crippen LogP contribution in [-0.2, 0) is 4.79 Å². The molecule has 1 nitrogen and oxygen atoms in total. The van der Waals surface area contributed by atoms with Gasteiger partial charge in [-0.2, -0.15) is 17.6 Å². The molecule has 0 saturated heterocycles. The van der Waals surface area contributed by atoms with Crippen LogP contribution < -0.4 is 0 Å². The van der Waals surface area contributed by atoms with Crippen LogP contribution in [0.25, 0.3) is 5.57 Å². The van der Waals surface area contributed by atoms with E-state index < -0.39 is 35.2 Å². The topological polar surface area (TPSA) is 17.1 Å². The predicted molar refractivity (Wildman–Crippen MR) is 54.0 cm³/mol. The van der Waals surface area contributed by atoms with Crippen molar-refractivity contribution in [3.63, 3.8) is 0 Å². The van der Waals surface area contributed by atoms with Crippen molar-refractivity contribution in [1.82, 2.24) is 0 Å². The van der Waals surface area contributed by atoms with Crippen LogP contribution in [0.1, 0.15) is 5.56 Å². The Morgan fingerprint density at radius 2 is 1.63 bits per heavy atom. The molecule has 0 saturated carbocycles. The van der Waals surface area contributed by atoms with Crippen molar-refractivity contribution in [2.75, 3.05) is 0 Å². The fraction of sp³-hybridized carbons (Fsp3) is 0.250. The lowest BCUT2D eigenvalue weighted by Gasteiger charge is -2.39. The number of hydrogen-bond donors (Lipinski definition) is 0. The number of hydrogen-bond acceptors (Lipinski definition) is 1. The summed E-state index contributed by atoms with van der Waals surface area (Å²) in [7, 11) is 0. The SMILES string of the molecule is O=C(F)C1C(c2ccccc2)=C(C(F)(F)F)C1(F)F. The van der Waals surface area contributed by atoms with Gasteiger partial charge in [-0.25, -0.2) is 8.78 Å². The second-order valence-electron chi connectivity index (χ2n) is 4.01. The third-order valence-corrected chi connectivity index (χ3v) is 2.85. The van der Waals surface area contributed by atoms with Gasteiger partial charge in [-0.15, -0.1) is 0 Å². The fourth-order valence-electron chi connectivity index (χ4n) is 2.10. The molecule has 0 bridgehead atoms. The van der Waals surface area contributed by atoms with Gasteiger partial charge in [0.2, 0.25) is 0 Å². The summed E-state index contributed by atoms with van der Waals surface area (Å²) >= 11 is 0. The molecule has 7 heteroatoms. The molecule has 0 spiro atoms. The zero-order chi connectivity index (χ0) is 14.4. The van der Waals surface area contributed by atoms with Crippen molar-refractivity contribution in [2.45, 2.75) is 12.1 Å². The molecule has 1 atom stereocenters. The van der Waals surface area contributed by atoms with Gasteiger partial charge in [-0.1, -0.05) is 30.3 Å². The minimum absolute atomic E-state index is 0.239. The molecule has 19 heavy (non-hydrogen) atoms. The molecule has 102 valence electrons. The summed E-state index contributed by atoms with van der Waals surface area (Å²) in [5.74, 6) is -7.22. The van der Waals surface area contributed by atoms with E-state index in [1.165, 1.54) is 18.2 Å². The standard InChI is InChI=1S/C12H6F6O/c13-10(19)8-7(6-4-2-1-3-5-6)9(11(8,14)15)12(16,17)18/h1-5,8H. The Morgan fingerprint density at radius 3 is 2.05 bits per heavy atom. The van der Waals surface area contributed by atoms with Crippen LogP contribution in [0.3, 0.4) is 0 Å². The third-order valence-electron chi connectivity index (χ3n) is 2.85. The Labute approximate surface area is 103 Å². The van der Waals surface area contributed by atoms with E-state index in [0.29, 0.717) is 0 Å². The number of allylic oxidation sites excluding steroid dienone is 2. The molecule has 0 radical (unpaired) electrons. The van der Waals surface area contributed by atoms with Gasteiger partial charge >= 0.3 is 12.2 Å². The summed E-state index contributed by atoms with van der Waals surface area (Å²) in [4.78, 5) is 10.5. The van der Waals surface area contributed by atoms with Crippen molar-refractivity contribution < 1.29 is 31.1 Å². The summed E-state index contributed by atoms with van der Waals surface area (Å²) in [5, 5.41) is 0. The average Bonchev–Trinajstić information content (AvgIpc) is 2.24. The van der Waals surface area contributed by atoms with Gasteiger partial charge in [0.1, 0.15) is 11.5 Å². The number of halogens is 6. The lowest BCUT2D eigenvalue weighted by atomic mass is 9.70. The number of alkyl halides is 5. The lowest BCUT2D eigenvalue weighted by Crippen LogP contribution is -2.50. The summed E-state index contributed by atoms with van der Waals surface area (Å²) in [6, 6.07) is 3.84. The summed E-state index contributed by atoms with van der Waals surface area (Å²) < 4.78 is 77.0. The maximum absolute atomic E-state index is 13.3. The molecular formula is C12H6F6O. The molecule has 2 rings (SSSR count). The van der Waals surface area contributed by atoms with Crippen LogP contribution in [0.4, 0.5) is 26.3 Å². The maximum atomic E-state index is 13.3. The number of carbonyl (C=O) groups is 1. The molecule has 1 aromatic rings. The zero-order valence-electron chi connectivity index (χ0n) is 9.14. The van der Waals surface area contributed by atoms with E-state index in [-0.39, 0.29) is 5.56 Å². The van der Waals surface area contributed by atoms with Crippen molar-refractivity contribution in [1.29, 1.82) is 0 Å². The number of rotatable bonds is 2. The highest BCUT2D eigenvalue weighted by Crippen LogP contribution is 2.59. The van der Waals surface area contributed by atoms with Gasteiger partial charge in [-0.3, -0.25) is 4.79 Å². The largest absolute Gasteiger partial charge is 0.418 e. The number of benzene rings is 1. The monoisotopic (exact) mass is 280 g/mol. The van der Waals surface area contributed by atoms with Crippen LogP contribution in [0.5, 0.6) is 0 Å². The average molecular weight is 280 g/mol. The summed E-state index contributed by atoms with van der Waals surface area (Å²) in [6.07, 6.45) is -5.32. The smallest absolute Gasteiger partial charge is 0.260 e. The fourth-order valence-corrected chi connectivity index (χ4v) is 2.10. The van der Waals surface area contributed by atoms with Crippen LogP contribution >= 0.6 is 0 Å². The van der Waals surface area contributed by atoms with Gasteiger partial charge in [-0.05, 0) is 11.1 Å². The van der Waals surface area contributed by atoms with Crippen molar-refractivity contribution in [2.24, 2.45) is 5.92 Å². The van der Waals surface area contributed by atoms with Crippen molar-refractivity contribution in [3.8, 4) is 0 Å². The van der Waals surface area contributed by atoms with Crippen molar-refractivity contribution >= 4 is 11.6 Å². The normalized spacial score (nSPS) is 22.1. The van der Waals surface area contributed by atoms with Crippen molar-refractivity contribution in [3.05, 3.63) is 41.5 Å². The van der Waals surface area contributed by atoms with E-state index in [9.17, 15) is 31.1 Å². The van der Waals surface area contributed by atoms with Gasteiger partial charge in [0.05, 0.1) is 0 Å². The first kappa shape index (κ1) is 13.6. The zero-order valence-corrected chi connectivity index (χ0v) is 9.14. The van der Waals surface area contributed by atoms with Gasteiger partial charge in [0, 0.05) is 0 Å². The third kappa shape index (κ3) is 2.02.